The van der Waals surface area contributed by atoms with Gasteiger partial charge in [0.05, 0.1) is 6.61 Å². The molecule has 166 valence electrons. The highest BCUT2D eigenvalue weighted by Gasteiger charge is 2.20. The second kappa shape index (κ2) is 13.9. The van der Waals surface area contributed by atoms with Crippen LogP contribution in [0.1, 0.15) is 65.2 Å². The lowest BCUT2D eigenvalue weighted by molar-refractivity contribution is 0.103. The van der Waals surface area contributed by atoms with Crippen LogP contribution in [0.25, 0.3) is 11.1 Å². The van der Waals surface area contributed by atoms with Gasteiger partial charge in [-0.2, -0.15) is 0 Å². The van der Waals surface area contributed by atoms with E-state index in [4.69, 9.17) is 9.47 Å². The molecule has 0 aliphatic carbocycles. The fourth-order valence-electron chi connectivity index (χ4n) is 3.07. The van der Waals surface area contributed by atoms with Gasteiger partial charge < -0.3 is 9.47 Å². The number of nitrogens with zero attached hydrogens (tertiary/aromatic N) is 2. The van der Waals surface area contributed by atoms with Crippen LogP contribution in [0.2, 0.25) is 0 Å². The van der Waals surface area contributed by atoms with Gasteiger partial charge in [0.25, 0.3) is 0 Å². The molecule has 0 saturated carbocycles. The minimum absolute atomic E-state index is 0.210. The van der Waals surface area contributed by atoms with Gasteiger partial charge in [-0.05, 0) is 30.5 Å². The molecule has 0 unspecified atom stereocenters. The number of hydrogen-bond donors (Lipinski definition) is 0. The molecule has 2 rings (SSSR count). The molecule has 1 heterocycles. The molecule has 0 amide bonds. The van der Waals surface area contributed by atoms with E-state index in [9.17, 15) is 8.78 Å². The highest BCUT2D eigenvalue weighted by atomic mass is 19.2. The first-order chi connectivity index (χ1) is 14.6. The Kier molecular flexibility index (Phi) is 11.1. The first-order valence-corrected chi connectivity index (χ1v) is 11.1. The number of hydrogen-bond acceptors (Lipinski definition) is 4. The maximum atomic E-state index is 13.7. The average molecular weight is 421 g/mol. The Labute approximate surface area is 179 Å². The Morgan fingerprint density at radius 1 is 0.767 bits per heavy atom. The van der Waals surface area contributed by atoms with E-state index in [0.29, 0.717) is 24.8 Å². The Morgan fingerprint density at radius 2 is 1.43 bits per heavy atom. The number of benzene rings is 1. The first-order valence-electron chi connectivity index (χ1n) is 11.1. The van der Waals surface area contributed by atoms with Crippen molar-refractivity contribution >= 4 is 0 Å². The molecule has 1 aromatic heterocycles. The zero-order chi connectivity index (χ0) is 21.6. The zero-order valence-corrected chi connectivity index (χ0v) is 18.2. The van der Waals surface area contributed by atoms with Gasteiger partial charge in [-0.15, -0.1) is 0 Å². The summed E-state index contributed by atoms with van der Waals surface area (Å²) in [7, 11) is 0. The molecule has 2 aromatic rings. The van der Waals surface area contributed by atoms with Crippen molar-refractivity contribution in [3.63, 3.8) is 0 Å². The average Bonchev–Trinajstić information content (AvgIpc) is 2.78. The van der Waals surface area contributed by atoms with Crippen LogP contribution in [0, 0.1) is 0 Å². The first kappa shape index (κ1) is 24.0. The largest absolute Gasteiger partial charge is 0.490 e. The highest BCUT2D eigenvalue weighted by Crippen LogP contribution is 2.23. The van der Waals surface area contributed by atoms with Gasteiger partial charge in [0.2, 0.25) is 0 Å². The molecule has 4 nitrogen and oxygen atoms in total. The van der Waals surface area contributed by atoms with Crippen LogP contribution >= 0.6 is 0 Å². The van der Waals surface area contributed by atoms with Crippen molar-refractivity contribution in [2.24, 2.45) is 0 Å². The molecule has 6 heteroatoms. The third-order valence-corrected chi connectivity index (χ3v) is 4.91. The van der Waals surface area contributed by atoms with E-state index in [-0.39, 0.29) is 13.0 Å². The summed E-state index contributed by atoms with van der Waals surface area (Å²) in [5.74, 6) is 0.505. The van der Waals surface area contributed by atoms with Crippen molar-refractivity contribution in [3.8, 4) is 22.9 Å². The third-order valence-electron chi connectivity index (χ3n) is 4.91. The molecule has 0 fully saturated rings. The zero-order valence-electron chi connectivity index (χ0n) is 18.2. The fraction of sp³-hybridized carbons (Fsp3) is 0.583. The van der Waals surface area contributed by atoms with Gasteiger partial charge in [-0.3, -0.25) is 0 Å². The minimum Gasteiger partial charge on any atom is -0.490 e. The van der Waals surface area contributed by atoms with E-state index in [0.717, 1.165) is 17.5 Å². The summed E-state index contributed by atoms with van der Waals surface area (Å²) in [6, 6.07) is 7.54. The molecule has 2 atom stereocenters. The molecule has 0 N–H and O–H groups in total. The quantitative estimate of drug-likeness (QED) is 0.299. The summed E-state index contributed by atoms with van der Waals surface area (Å²) in [5, 5.41) is 0. The summed E-state index contributed by atoms with van der Waals surface area (Å²) in [5.41, 5.74) is 1.76. The fourth-order valence-corrected chi connectivity index (χ4v) is 3.07. The van der Waals surface area contributed by atoms with Gasteiger partial charge in [-0.1, -0.05) is 64.5 Å². The molecule has 0 saturated heterocycles. The van der Waals surface area contributed by atoms with Crippen LogP contribution in [-0.2, 0) is 0 Å². The van der Waals surface area contributed by atoms with Crippen molar-refractivity contribution < 1.29 is 18.3 Å². The second-order valence-electron chi connectivity index (χ2n) is 7.53. The molecular weight excluding hydrogens is 386 g/mol. The van der Waals surface area contributed by atoms with Gasteiger partial charge in [0.15, 0.2) is 6.17 Å². The predicted molar refractivity (Wildman–Crippen MR) is 117 cm³/mol. The van der Waals surface area contributed by atoms with Gasteiger partial charge in [0, 0.05) is 18.0 Å². The van der Waals surface area contributed by atoms with E-state index < -0.39 is 12.3 Å². The van der Waals surface area contributed by atoms with E-state index in [1.165, 1.54) is 32.1 Å². The summed E-state index contributed by atoms with van der Waals surface area (Å²) >= 11 is 0. The van der Waals surface area contributed by atoms with Crippen molar-refractivity contribution in [1.82, 2.24) is 9.97 Å². The number of halogens is 2. The lowest BCUT2D eigenvalue weighted by Crippen LogP contribution is -2.24. The standard InChI is InChI=1S/C24H34F2N2O2/c1-3-5-6-7-8-9-15-29-24-27-16-20(17-28-24)19-11-13-21(14-12-19)30-18-23(26)22(25)10-4-2/h11-14,16-17,22-23H,3-10,15,18H2,1-2H3/t22-,23-/m1/s1. The number of alkyl halides is 2. The lowest BCUT2D eigenvalue weighted by Gasteiger charge is -2.14. The SMILES string of the molecule is CCCCCCCCOc1ncc(-c2ccc(OC[C@@H](F)[C@H](F)CCC)cc2)cn1. The van der Waals surface area contributed by atoms with Crippen LogP contribution < -0.4 is 9.47 Å². The molecule has 0 aliphatic rings. The summed E-state index contributed by atoms with van der Waals surface area (Å²) in [6.45, 7) is 4.39. The van der Waals surface area contributed by atoms with E-state index >= 15 is 0 Å². The number of ether oxygens (including phenoxy) is 2. The summed E-state index contributed by atoms with van der Waals surface area (Å²) in [6.07, 6.45) is 8.43. The molecule has 0 aliphatic heterocycles. The van der Waals surface area contributed by atoms with Crippen molar-refractivity contribution in [2.45, 2.75) is 77.6 Å². The van der Waals surface area contributed by atoms with Crippen molar-refractivity contribution in [2.75, 3.05) is 13.2 Å². The van der Waals surface area contributed by atoms with Crippen LogP contribution in [0.3, 0.4) is 0 Å². The Morgan fingerprint density at radius 3 is 2.10 bits per heavy atom. The molecular formula is C24H34F2N2O2. The van der Waals surface area contributed by atoms with Gasteiger partial charge >= 0.3 is 6.01 Å². The Hall–Kier alpha value is -2.24. The van der Waals surface area contributed by atoms with E-state index in [2.05, 4.69) is 16.9 Å². The van der Waals surface area contributed by atoms with Crippen molar-refractivity contribution in [1.29, 1.82) is 0 Å². The van der Waals surface area contributed by atoms with Crippen LogP contribution in [0.5, 0.6) is 11.8 Å². The summed E-state index contributed by atoms with van der Waals surface area (Å²) in [4.78, 5) is 8.53. The summed E-state index contributed by atoms with van der Waals surface area (Å²) < 4.78 is 38.2. The highest BCUT2D eigenvalue weighted by molar-refractivity contribution is 5.62. The third kappa shape index (κ3) is 8.64. The lowest BCUT2D eigenvalue weighted by atomic mass is 10.1. The molecule has 1 aromatic carbocycles. The maximum absolute atomic E-state index is 13.7. The topological polar surface area (TPSA) is 44.2 Å². The Balaban J connectivity index is 1.75. The smallest absolute Gasteiger partial charge is 0.316 e. The van der Waals surface area contributed by atoms with Gasteiger partial charge in [0.1, 0.15) is 18.5 Å². The maximum Gasteiger partial charge on any atom is 0.316 e. The normalized spacial score (nSPS) is 13.1. The van der Waals surface area contributed by atoms with Crippen LogP contribution in [-0.4, -0.2) is 35.5 Å². The molecule has 0 spiro atoms. The van der Waals surface area contributed by atoms with Gasteiger partial charge in [-0.25, -0.2) is 18.7 Å². The van der Waals surface area contributed by atoms with E-state index in [1.54, 1.807) is 24.5 Å². The number of aromatic nitrogens is 2. The molecule has 30 heavy (non-hydrogen) atoms. The van der Waals surface area contributed by atoms with Crippen LogP contribution in [0.15, 0.2) is 36.7 Å². The number of unbranched alkanes of at least 4 members (excludes halogenated alkanes) is 5. The number of rotatable bonds is 15. The van der Waals surface area contributed by atoms with Crippen LogP contribution in [0.4, 0.5) is 8.78 Å². The minimum atomic E-state index is -1.61. The monoisotopic (exact) mass is 420 g/mol. The molecule has 0 radical (unpaired) electrons. The predicted octanol–water partition coefficient (Wildman–Crippen LogP) is 6.74. The van der Waals surface area contributed by atoms with Crippen molar-refractivity contribution in [3.05, 3.63) is 36.7 Å². The van der Waals surface area contributed by atoms with E-state index in [1.807, 2.05) is 19.1 Å². The Bertz CT molecular complexity index is 695. The second-order valence-corrected chi connectivity index (χ2v) is 7.53. The molecule has 0 bridgehead atoms.